The molecule has 1 atom stereocenters. The highest BCUT2D eigenvalue weighted by Crippen LogP contribution is 2.35. The summed E-state index contributed by atoms with van der Waals surface area (Å²) in [5, 5.41) is 8.50. The second kappa shape index (κ2) is 7.44. The molecule has 21 heavy (non-hydrogen) atoms. The van der Waals surface area contributed by atoms with Crippen LogP contribution in [0.2, 0.25) is 0 Å². The van der Waals surface area contributed by atoms with E-state index >= 15 is 0 Å². The topological polar surface area (TPSA) is 29.9 Å². The van der Waals surface area contributed by atoms with Crippen molar-refractivity contribution in [3.8, 4) is 0 Å². The molecule has 1 aromatic rings. The Morgan fingerprint density at radius 2 is 1.86 bits per heavy atom. The van der Waals surface area contributed by atoms with Gasteiger partial charge in [0.25, 0.3) is 0 Å². The smallest absolute Gasteiger partial charge is 0.0644 e. The SMILES string of the molecule is CCCNC(C)c1c(C)nn(C2CCC(CC)CC2)c1C. The summed E-state index contributed by atoms with van der Waals surface area (Å²) in [6, 6.07) is 1.03. The number of rotatable bonds is 6. The summed E-state index contributed by atoms with van der Waals surface area (Å²) >= 11 is 0. The Morgan fingerprint density at radius 1 is 1.19 bits per heavy atom. The van der Waals surface area contributed by atoms with Crippen molar-refractivity contribution in [1.82, 2.24) is 15.1 Å². The molecule has 3 nitrogen and oxygen atoms in total. The minimum Gasteiger partial charge on any atom is -0.310 e. The standard InChI is InChI=1S/C18H33N3/c1-6-12-19-13(3)18-14(4)20-21(15(18)5)17-10-8-16(7-2)9-11-17/h13,16-17,19H,6-12H2,1-5H3. The second-order valence-corrected chi connectivity index (χ2v) is 6.79. The Kier molecular flexibility index (Phi) is 5.86. The molecular weight excluding hydrogens is 258 g/mol. The minimum atomic E-state index is 0.408. The molecule has 3 heteroatoms. The van der Waals surface area contributed by atoms with Crippen molar-refractivity contribution in [1.29, 1.82) is 0 Å². The third-order valence-corrected chi connectivity index (χ3v) is 5.25. The highest BCUT2D eigenvalue weighted by molar-refractivity contribution is 5.28. The van der Waals surface area contributed by atoms with Gasteiger partial charge in [0.15, 0.2) is 0 Å². The van der Waals surface area contributed by atoms with Crippen molar-refractivity contribution in [2.24, 2.45) is 5.92 Å². The van der Waals surface area contributed by atoms with E-state index in [1.54, 1.807) is 0 Å². The van der Waals surface area contributed by atoms with Crippen LogP contribution >= 0.6 is 0 Å². The van der Waals surface area contributed by atoms with Crippen molar-refractivity contribution in [2.45, 2.75) is 85.2 Å². The summed E-state index contributed by atoms with van der Waals surface area (Å²) in [5.74, 6) is 0.947. The lowest BCUT2D eigenvalue weighted by Gasteiger charge is -2.29. The van der Waals surface area contributed by atoms with Crippen LogP contribution in [0.4, 0.5) is 0 Å². The molecule has 1 aliphatic carbocycles. The van der Waals surface area contributed by atoms with E-state index in [0.717, 1.165) is 12.5 Å². The fourth-order valence-corrected chi connectivity index (χ4v) is 3.92. The molecule has 0 amide bonds. The average molecular weight is 291 g/mol. The molecule has 1 N–H and O–H groups in total. The van der Waals surface area contributed by atoms with E-state index < -0.39 is 0 Å². The summed E-state index contributed by atoms with van der Waals surface area (Å²) in [4.78, 5) is 0. The molecule has 0 aliphatic heterocycles. The molecule has 1 fully saturated rings. The van der Waals surface area contributed by atoms with E-state index in [2.05, 4.69) is 44.6 Å². The number of hydrogen-bond donors (Lipinski definition) is 1. The number of nitrogens with one attached hydrogen (secondary N) is 1. The molecule has 0 spiro atoms. The molecule has 0 bridgehead atoms. The summed E-state index contributed by atoms with van der Waals surface area (Å²) in [7, 11) is 0. The van der Waals surface area contributed by atoms with Gasteiger partial charge in [-0.05, 0) is 65.3 Å². The van der Waals surface area contributed by atoms with Gasteiger partial charge < -0.3 is 5.32 Å². The zero-order valence-corrected chi connectivity index (χ0v) is 14.6. The first-order valence-corrected chi connectivity index (χ1v) is 8.87. The zero-order valence-electron chi connectivity index (χ0n) is 14.6. The van der Waals surface area contributed by atoms with Gasteiger partial charge in [-0.15, -0.1) is 0 Å². The first kappa shape index (κ1) is 16.5. The van der Waals surface area contributed by atoms with Crippen molar-refractivity contribution in [2.75, 3.05) is 6.54 Å². The Balaban J connectivity index is 2.11. The third-order valence-electron chi connectivity index (χ3n) is 5.25. The highest BCUT2D eigenvalue weighted by atomic mass is 15.3. The van der Waals surface area contributed by atoms with Gasteiger partial charge in [0.05, 0.1) is 11.7 Å². The van der Waals surface area contributed by atoms with Gasteiger partial charge in [-0.25, -0.2) is 0 Å². The van der Waals surface area contributed by atoms with Gasteiger partial charge in [-0.2, -0.15) is 5.10 Å². The molecule has 1 aromatic heterocycles. The lowest BCUT2D eigenvalue weighted by atomic mass is 9.84. The van der Waals surface area contributed by atoms with E-state index in [4.69, 9.17) is 5.10 Å². The van der Waals surface area contributed by atoms with Crippen molar-refractivity contribution in [3.63, 3.8) is 0 Å². The normalized spacial score (nSPS) is 24.2. The Labute approximate surface area is 130 Å². The molecule has 1 aliphatic rings. The average Bonchev–Trinajstić information content (AvgIpc) is 2.80. The van der Waals surface area contributed by atoms with E-state index in [1.165, 1.54) is 55.5 Å². The van der Waals surface area contributed by atoms with Gasteiger partial charge in [0, 0.05) is 17.3 Å². The van der Waals surface area contributed by atoms with Crippen LogP contribution in [0, 0.1) is 19.8 Å². The maximum absolute atomic E-state index is 4.89. The Hall–Kier alpha value is -0.830. The van der Waals surface area contributed by atoms with E-state index in [1.807, 2.05) is 0 Å². The van der Waals surface area contributed by atoms with Gasteiger partial charge in [-0.3, -0.25) is 4.68 Å². The number of nitrogens with zero attached hydrogens (tertiary/aromatic N) is 2. The van der Waals surface area contributed by atoms with Gasteiger partial charge >= 0.3 is 0 Å². The van der Waals surface area contributed by atoms with Gasteiger partial charge in [-0.1, -0.05) is 20.3 Å². The van der Waals surface area contributed by atoms with E-state index in [9.17, 15) is 0 Å². The molecular formula is C18H33N3. The summed E-state index contributed by atoms with van der Waals surface area (Å²) in [5.41, 5.74) is 4.01. The van der Waals surface area contributed by atoms with Crippen LogP contribution in [-0.4, -0.2) is 16.3 Å². The highest BCUT2D eigenvalue weighted by Gasteiger charge is 2.25. The predicted octanol–water partition coefficient (Wildman–Crippen LogP) is 4.70. The maximum Gasteiger partial charge on any atom is 0.0644 e. The second-order valence-electron chi connectivity index (χ2n) is 6.79. The fourth-order valence-electron chi connectivity index (χ4n) is 3.92. The molecule has 2 rings (SSSR count). The molecule has 1 unspecified atom stereocenters. The maximum atomic E-state index is 4.89. The number of hydrogen-bond acceptors (Lipinski definition) is 2. The Bertz CT molecular complexity index is 442. The predicted molar refractivity (Wildman–Crippen MR) is 89.7 cm³/mol. The lowest BCUT2D eigenvalue weighted by molar-refractivity contribution is 0.253. The van der Waals surface area contributed by atoms with E-state index in [0.29, 0.717) is 12.1 Å². The molecule has 1 heterocycles. The molecule has 1 saturated carbocycles. The van der Waals surface area contributed by atoms with Crippen LogP contribution < -0.4 is 5.32 Å². The van der Waals surface area contributed by atoms with Crippen molar-refractivity contribution < 1.29 is 0 Å². The van der Waals surface area contributed by atoms with Crippen LogP contribution in [0.25, 0.3) is 0 Å². The minimum absolute atomic E-state index is 0.408. The van der Waals surface area contributed by atoms with Crippen LogP contribution in [-0.2, 0) is 0 Å². The van der Waals surface area contributed by atoms with Crippen LogP contribution in [0.15, 0.2) is 0 Å². The molecule has 120 valence electrons. The number of aromatic nitrogens is 2. The molecule has 0 radical (unpaired) electrons. The zero-order chi connectivity index (χ0) is 15.4. The first-order chi connectivity index (χ1) is 10.1. The monoisotopic (exact) mass is 291 g/mol. The van der Waals surface area contributed by atoms with Gasteiger partial charge in [0.2, 0.25) is 0 Å². The lowest BCUT2D eigenvalue weighted by Crippen LogP contribution is -2.22. The fraction of sp³-hybridized carbons (Fsp3) is 0.833. The van der Waals surface area contributed by atoms with Crippen molar-refractivity contribution >= 4 is 0 Å². The van der Waals surface area contributed by atoms with Crippen LogP contribution in [0.1, 0.15) is 88.3 Å². The quantitative estimate of drug-likeness (QED) is 0.823. The van der Waals surface area contributed by atoms with E-state index in [-0.39, 0.29) is 0 Å². The summed E-state index contributed by atoms with van der Waals surface area (Å²) in [6.45, 7) is 12.3. The van der Waals surface area contributed by atoms with Gasteiger partial charge in [0.1, 0.15) is 0 Å². The molecule has 0 saturated heterocycles. The summed E-state index contributed by atoms with van der Waals surface area (Å²) < 4.78 is 2.33. The van der Waals surface area contributed by atoms with Crippen LogP contribution in [0.3, 0.4) is 0 Å². The molecule has 0 aromatic carbocycles. The Morgan fingerprint density at radius 3 is 2.43 bits per heavy atom. The first-order valence-electron chi connectivity index (χ1n) is 8.87. The third kappa shape index (κ3) is 3.68. The summed E-state index contributed by atoms with van der Waals surface area (Å²) in [6.07, 6.45) is 7.87. The largest absolute Gasteiger partial charge is 0.310 e. The van der Waals surface area contributed by atoms with Crippen molar-refractivity contribution in [3.05, 3.63) is 17.0 Å². The number of aryl methyl sites for hydroxylation is 1. The van der Waals surface area contributed by atoms with Crippen LogP contribution in [0.5, 0.6) is 0 Å².